The number of para-hydroxylation sites is 4. The van der Waals surface area contributed by atoms with Crippen LogP contribution in [-0.4, -0.2) is 9.13 Å². The Morgan fingerprint density at radius 1 is 0.456 bits per heavy atom. The first-order chi connectivity index (χ1) is 28.2. The molecule has 0 saturated heterocycles. The van der Waals surface area contributed by atoms with Crippen LogP contribution in [-0.2, 0) is 0 Å². The molecular weight excluding hydrogens is 693 g/mol. The Hall–Kier alpha value is -7.62. The molecule has 8 aromatic carbocycles. The van der Waals surface area contributed by atoms with Crippen LogP contribution >= 0.6 is 0 Å². The largest absolute Gasteiger partial charge is 0.455 e. The van der Waals surface area contributed by atoms with E-state index in [-0.39, 0.29) is 0 Å². The third-order valence-electron chi connectivity index (χ3n) is 11.5. The van der Waals surface area contributed by atoms with Gasteiger partial charge in [-0.05, 0) is 101 Å². The molecule has 0 atom stereocenters. The average molecular weight is 729 g/mol. The molecule has 0 saturated carbocycles. The topological polar surface area (TPSA) is 23.0 Å². The van der Waals surface area contributed by atoms with Crippen molar-refractivity contribution in [1.82, 2.24) is 9.13 Å². The number of furan rings is 1. The fourth-order valence-electron chi connectivity index (χ4n) is 8.96. The van der Waals surface area contributed by atoms with E-state index in [9.17, 15) is 0 Å². The molecule has 3 heteroatoms. The molecule has 0 bridgehead atoms. The second-order valence-corrected chi connectivity index (χ2v) is 14.6. The van der Waals surface area contributed by atoms with Crippen molar-refractivity contribution < 1.29 is 4.42 Å². The second kappa shape index (κ2) is 13.0. The van der Waals surface area contributed by atoms with Crippen molar-refractivity contribution in [3.8, 4) is 39.1 Å². The lowest BCUT2D eigenvalue weighted by atomic mass is 9.94. The van der Waals surface area contributed by atoms with Crippen molar-refractivity contribution in [2.45, 2.75) is 0 Å². The Morgan fingerprint density at radius 3 is 1.91 bits per heavy atom. The van der Waals surface area contributed by atoms with Crippen LogP contribution in [0.4, 0.5) is 0 Å². The zero-order valence-corrected chi connectivity index (χ0v) is 31.2. The van der Waals surface area contributed by atoms with Crippen LogP contribution < -0.4 is 0 Å². The van der Waals surface area contributed by atoms with Crippen molar-refractivity contribution >= 4 is 71.2 Å². The molecule has 0 N–H and O–H groups in total. The molecular formula is C54H36N2O. The predicted octanol–water partition coefficient (Wildman–Crippen LogP) is 15.0. The lowest BCUT2D eigenvalue weighted by molar-refractivity contribution is 0.670. The summed E-state index contributed by atoms with van der Waals surface area (Å²) in [6.07, 6.45) is 5.76. The maximum atomic E-state index is 6.48. The van der Waals surface area contributed by atoms with Crippen LogP contribution in [0, 0.1) is 0 Å². The maximum Gasteiger partial charge on any atom is 0.143 e. The number of hydrogen-bond acceptors (Lipinski definition) is 1. The fourth-order valence-corrected chi connectivity index (χ4v) is 8.96. The quantitative estimate of drug-likeness (QED) is 0.150. The van der Waals surface area contributed by atoms with Gasteiger partial charge >= 0.3 is 0 Å². The van der Waals surface area contributed by atoms with E-state index < -0.39 is 0 Å². The van der Waals surface area contributed by atoms with Crippen molar-refractivity contribution in [2.24, 2.45) is 0 Å². The van der Waals surface area contributed by atoms with Crippen LogP contribution in [0.25, 0.3) is 110 Å². The van der Waals surface area contributed by atoms with E-state index in [1.54, 1.807) is 0 Å². The lowest BCUT2D eigenvalue weighted by Crippen LogP contribution is -1.94. The van der Waals surface area contributed by atoms with Gasteiger partial charge in [0, 0.05) is 49.3 Å². The van der Waals surface area contributed by atoms with Gasteiger partial charge in [0.2, 0.25) is 0 Å². The van der Waals surface area contributed by atoms with Crippen molar-refractivity contribution in [2.75, 3.05) is 0 Å². The van der Waals surface area contributed by atoms with Gasteiger partial charge in [-0.2, -0.15) is 0 Å². The zero-order valence-electron chi connectivity index (χ0n) is 31.2. The van der Waals surface area contributed by atoms with E-state index in [1.807, 2.05) is 30.4 Å². The number of fused-ring (bicyclic) bond motifs is 9. The van der Waals surface area contributed by atoms with Crippen LogP contribution in [0.5, 0.6) is 0 Å². The summed E-state index contributed by atoms with van der Waals surface area (Å²) in [6, 6.07) is 63.2. The second-order valence-electron chi connectivity index (χ2n) is 14.6. The molecule has 0 amide bonds. The van der Waals surface area contributed by atoms with Gasteiger partial charge in [-0.25, -0.2) is 0 Å². The SMILES string of the molecule is C=C/C=C(\C=C)n1c2ccc(-c3ccc4c(c3)c3ccccc3n4-c3ccccc3)cc2c2c(-c3cccc(-c4cccc5c4oc4ccccc45)c3)cccc21. The highest BCUT2D eigenvalue weighted by Crippen LogP contribution is 2.43. The maximum absolute atomic E-state index is 6.48. The monoisotopic (exact) mass is 728 g/mol. The summed E-state index contributed by atoms with van der Waals surface area (Å²) < 4.78 is 11.1. The molecule has 0 radical (unpaired) electrons. The summed E-state index contributed by atoms with van der Waals surface area (Å²) >= 11 is 0. The smallest absolute Gasteiger partial charge is 0.143 e. The van der Waals surface area contributed by atoms with E-state index in [2.05, 4.69) is 186 Å². The lowest BCUT2D eigenvalue weighted by Gasteiger charge is -2.10. The molecule has 0 spiro atoms. The van der Waals surface area contributed by atoms with Gasteiger partial charge in [-0.15, -0.1) is 0 Å². The minimum atomic E-state index is 0.899. The molecule has 11 rings (SSSR count). The summed E-state index contributed by atoms with van der Waals surface area (Å²) in [6.45, 7) is 8.24. The summed E-state index contributed by atoms with van der Waals surface area (Å²) in [4.78, 5) is 0. The summed E-state index contributed by atoms with van der Waals surface area (Å²) in [5.74, 6) is 0. The third-order valence-corrected chi connectivity index (χ3v) is 11.5. The highest BCUT2D eigenvalue weighted by atomic mass is 16.3. The van der Waals surface area contributed by atoms with Gasteiger partial charge in [-0.1, -0.05) is 134 Å². The molecule has 0 unspecified atom stereocenters. The van der Waals surface area contributed by atoms with Gasteiger partial charge in [0.25, 0.3) is 0 Å². The first-order valence-electron chi connectivity index (χ1n) is 19.3. The van der Waals surface area contributed by atoms with E-state index in [0.717, 1.165) is 72.2 Å². The molecule has 0 aliphatic heterocycles. The molecule has 0 fully saturated rings. The summed E-state index contributed by atoms with van der Waals surface area (Å²) in [5, 5.41) is 7.08. The molecule has 268 valence electrons. The first kappa shape index (κ1) is 32.8. The number of benzene rings is 8. The first-order valence-corrected chi connectivity index (χ1v) is 19.3. The number of nitrogens with zero attached hydrogens (tertiary/aromatic N) is 2. The normalized spacial score (nSPS) is 12.1. The Bertz CT molecular complexity index is 3440. The standard InChI is InChI=1S/C54H36N2O/c1-3-15-39(4-2)55-50-31-29-36(35-28-30-49-46(33-35)43-20-8-10-25-48(43)56(49)40-18-6-5-7-19-40)34-47(50)53-41(22-14-26-51(53)55)37-16-12-17-38(32-37)42-23-13-24-45-44-21-9-11-27-52(44)57-54(42)45/h3-34H,1-2H2/b39-15+. The van der Waals surface area contributed by atoms with Crippen molar-refractivity contribution in [1.29, 1.82) is 0 Å². The van der Waals surface area contributed by atoms with Crippen LogP contribution in [0.1, 0.15) is 0 Å². The fraction of sp³-hybridized carbons (Fsp3) is 0. The molecule has 57 heavy (non-hydrogen) atoms. The highest BCUT2D eigenvalue weighted by molar-refractivity contribution is 6.18. The minimum Gasteiger partial charge on any atom is -0.455 e. The molecule has 3 aromatic heterocycles. The van der Waals surface area contributed by atoms with E-state index in [4.69, 9.17) is 4.42 Å². The average Bonchev–Trinajstić information content (AvgIpc) is 3.93. The number of rotatable bonds is 7. The van der Waals surface area contributed by atoms with Gasteiger partial charge < -0.3 is 13.6 Å². The molecule has 0 aliphatic carbocycles. The Kier molecular flexibility index (Phi) is 7.48. The van der Waals surface area contributed by atoms with Gasteiger partial charge in [0.15, 0.2) is 0 Å². The van der Waals surface area contributed by atoms with Crippen LogP contribution in [0.2, 0.25) is 0 Å². The number of aromatic nitrogens is 2. The summed E-state index contributed by atoms with van der Waals surface area (Å²) in [5.41, 5.74) is 15.4. The third kappa shape index (κ3) is 5.06. The molecule has 3 nitrogen and oxygen atoms in total. The van der Waals surface area contributed by atoms with Gasteiger partial charge in [0.1, 0.15) is 11.2 Å². The Balaban J connectivity index is 1.13. The van der Waals surface area contributed by atoms with E-state index in [0.29, 0.717) is 0 Å². The Labute approximate surface area is 330 Å². The van der Waals surface area contributed by atoms with Crippen molar-refractivity contribution in [3.63, 3.8) is 0 Å². The molecule has 0 aliphatic rings. The number of hydrogen-bond donors (Lipinski definition) is 0. The van der Waals surface area contributed by atoms with Crippen LogP contribution in [0.3, 0.4) is 0 Å². The van der Waals surface area contributed by atoms with Gasteiger partial charge in [-0.3, -0.25) is 0 Å². The molecule has 3 heterocycles. The number of allylic oxidation sites excluding steroid dienone is 4. The molecule has 11 aromatic rings. The predicted molar refractivity (Wildman–Crippen MR) is 242 cm³/mol. The zero-order chi connectivity index (χ0) is 38.0. The van der Waals surface area contributed by atoms with Crippen LogP contribution in [0.15, 0.2) is 212 Å². The van der Waals surface area contributed by atoms with Gasteiger partial charge in [0.05, 0.1) is 22.1 Å². The van der Waals surface area contributed by atoms with E-state index >= 15 is 0 Å². The minimum absolute atomic E-state index is 0.899. The van der Waals surface area contributed by atoms with Crippen molar-refractivity contribution in [3.05, 3.63) is 207 Å². The summed E-state index contributed by atoms with van der Waals surface area (Å²) in [7, 11) is 0. The highest BCUT2D eigenvalue weighted by Gasteiger charge is 2.19. The Morgan fingerprint density at radius 2 is 1.09 bits per heavy atom. The van der Waals surface area contributed by atoms with E-state index in [1.165, 1.54) is 38.1 Å².